The predicted molar refractivity (Wildman–Crippen MR) is 77.9 cm³/mol. The van der Waals surface area contributed by atoms with Gasteiger partial charge in [-0.25, -0.2) is 8.78 Å². The largest absolute Gasteiger partial charge is 0.333 e. The van der Waals surface area contributed by atoms with Crippen LogP contribution in [0.15, 0.2) is 48.5 Å². The van der Waals surface area contributed by atoms with Crippen LogP contribution in [0.5, 0.6) is 0 Å². The van der Waals surface area contributed by atoms with E-state index in [1.165, 1.54) is 11.9 Å². The second kappa shape index (κ2) is 6.80. The van der Waals surface area contributed by atoms with Crippen LogP contribution < -0.4 is 5.32 Å². The molecule has 0 aliphatic heterocycles. The lowest BCUT2D eigenvalue weighted by atomic mass is 10.2. The molecule has 2 amide bonds. The van der Waals surface area contributed by atoms with Gasteiger partial charge in [0.2, 0.25) is 0 Å². The van der Waals surface area contributed by atoms with Gasteiger partial charge in [0.25, 0.3) is 0 Å². The highest BCUT2D eigenvalue weighted by atomic mass is 19.1. The van der Waals surface area contributed by atoms with Crippen molar-refractivity contribution < 1.29 is 18.4 Å². The average molecular weight is 304 g/mol. The van der Waals surface area contributed by atoms with Gasteiger partial charge < -0.3 is 10.2 Å². The van der Waals surface area contributed by atoms with Crippen molar-refractivity contribution in [3.63, 3.8) is 0 Å². The number of rotatable bonds is 3. The first-order valence-electron chi connectivity index (χ1n) is 6.53. The molecule has 114 valence electrons. The van der Waals surface area contributed by atoms with Crippen LogP contribution in [0.1, 0.15) is 5.56 Å². The minimum absolute atomic E-state index is 0.243. The monoisotopic (exact) mass is 304 g/mol. The number of hydrogen-bond donors (Lipinski definition) is 1. The summed E-state index contributed by atoms with van der Waals surface area (Å²) in [5.74, 6) is -3.49. The molecule has 0 atom stereocenters. The number of likely N-dealkylation sites (N-methyl/N-ethyl adjacent to an activating group) is 1. The minimum Gasteiger partial charge on any atom is -0.333 e. The van der Waals surface area contributed by atoms with E-state index < -0.39 is 23.4 Å². The Hall–Kier alpha value is -2.76. The van der Waals surface area contributed by atoms with Crippen LogP contribution >= 0.6 is 0 Å². The summed E-state index contributed by atoms with van der Waals surface area (Å²) in [6.07, 6.45) is 0. The summed E-state index contributed by atoms with van der Waals surface area (Å²) in [6, 6.07) is 11.8. The molecular weight excluding hydrogens is 290 g/mol. The molecule has 0 radical (unpaired) electrons. The topological polar surface area (TPSA) is 49.4 Å². The average Bonchev–Trinajstić information content (AvgIpc) is 2.50. The van der Waals surface area contributed by atoms with Crippen molar-refractivity contribution in [2.75, 3.05) is 12.4 Å². The molecule has 0 aromatic heterocycles. The SMILES string of the molecule is CN(Cc1ccccc1)C(=O)C(=O)Nc1ccc(F)cc1F. The zero-order valence-corrected chi connectivity index (χ0v) is 11.8. The fourth-order valence-corrected chi connectivity index (χ4v) is 1.87. The van der Waals surface area contributed by atoms with Crippen LogP contribution in [0.2, 0.25) is 0 Å². The maximum absolute atomic E-state index is 13.4. The number of nitrogens with zero attached hydrogens (tertiary/aromatic N) is 1. The molecule has 0 heterocycles. The van der Waals surface area contributed by atoms with E-state index in [9.17, 15) is 18.4 Å². The summed E-state index contributed by atoms with van der Waals surface area (Å²) in [7, 11) is 1.47. The number of nitrogens with one attached hydrogen (secondary N) is 1. The maximum Gasteiger partial charge on any atom is 0.313 e. The highest BCUT2D eigenvalue weighted by Crippen LogP contribution is 2.15. The lowest BCUT2D eigenvalue weighted by Gasteiger charge is -2.16. The van der Waals surface area contributed by atoms with Gasteiger partial charge in [0.1, 0.15) is 11.6 Å². The summed E-state index contributed by atoms with van der Waals surface area (Å²) >= 11 is 0. The number of amides is 2. The van der Waals surface area contributed by atoms with Gasteiger partial charge in [-0.05, 0) is 17.7 Å². The molecule has 0 bridgehead atoms. The first kappa shape index (κ1) is 15.6. The molecule has 4 nitrogen and oxygen atoms in total. The number of hydrogen-bond acceptors (Lipinski definition) is 2. The van der Waals surface area contributed by atoms with Crippen molar-refractivity contribution >= 4 is 17.5 Å². The Bertz CT molecular complexity index is 690. The molecule has 1 N–H and O–H groups in total. The molecule has 2 aromatic rings. The molecule has 0 saturated heterocycles. The first-order chi connectivity index (χ1) is 10.5. The Morgan fingerprint density at radius 1 is 1.09 bits per heavy atom. The summed E-state index contributed by atoms with van der Waals surface area (Å²) in [5, 5.41) is 2.13. The van der Waals surface area contributed by atoms with Crippen LogP contribution in [0.4, 0.5) is 14.5 Å². The van der Waals surface area contributed by atoms with Crippen LogP contribution in [0, 0.1) is 11.6 Å². The van der Waals surface area contributed by atoms with E-state index in [1.54, 1.807) is 0 Å². The zero-order chi connectivity index (χ0) is 16.1. The van der Waals surface area contributed by atoms with Crippen LogP contribution in [0.3, 0.4) is 0 Å². The van der Waals surface area contributed by atoms with Crippen molar-refractivity contribution in [1.29, 1.82) is 0 Å². The van der Waals surface area contributed by atoms with Gasteiger partial charge >= 0.3 is 11.8 Å². The molecule has 0 aliphatic rings. The van der Waals surface area contributed by atoms with Gasteiger partial charge in [0.15, 0.2) is 0 Å². The normalized spacial score (nSPS) is 10.1. The quantitative estimate of drug-likeness (QED) is 0.886. The summed E-state index contributed by atoms with van der Waals surface area (Å²) in [5.41, 5.74) is 0.618. The van der Waals surface area contributed by atoms with Crippen LogP contribution in [-0.2, 0) is 16.1 Å². The van der Waals surface area contributed by atoms with Gasteiger partial charge in [-0.1, -0.05) is 30.3 Å². The third-order valence-corrected chi connectivity index (χ3v) is 2.98. The number of anilines is 1. The first-order valence-corrected chi connectivity index (χ1v) is 6.53. The molecule has 0 saturated carbocycles. The molecule has 2 aromatic carbocycles. The molecular formula is C16H14F2N2O2. The second-order valence-electron chi connectivity index (χ2n) is 4.73. The summed E-state index contributed by atoms with van der Waals surface area (Å²) < 4.78 is 26.2. The van der Waals surface area contributed by atoms with Gasteiger partial charge in [-0.2, -0.15) is 0 Å². The van der Waals surface area contributed by atoms with E-state index >= 15 is 0 Å². The third-order valence-electron chi connectivity index (χ3n) is 2.98. The number of carbonyl (C=O) groups is 2. The molecule has 2 rings (SSSR count). The molecule has 6 heteroatoms. The predicted octanol–water partition coefficient (Wildman–Crippen LogP) is 2.56. The molecule has 22 heavy (non-hydrogen) atoms. The zero-order valence-electron chi connectivity index (χ0n) is 11.8. The molecule has 0 aliphatic carbocycles. The van der Waals surface area contributed by atoms with E-state index in [-0.39, 0.29) is 12.2 Å². The number of carbonyl (C=O) groups excluding carboxylic acids is 2. The van der Waals surface area contributed by atoms with Crippen molar-refractivity contribution in [3.8, 4) is 0 Å². The summed E-state index contributed by atoms with van der Waals surface area (Å²) in [6.45, 7) is 0.249. The fraction of sp³-hybridized carbons (Fsp3) is 0.125. The van der Waals surface area contributed by atoms with E-state index in [0.29, 0.717) is 6.07 Å². The highest BCUT2D eigenvalue weighted by molar-refractivity contribution is 6.39. The Labute approximate surface area is 126 Å². The van der Waals surface area contributed by atoms with Gasteiger partial charge in [-0.15, -0.1) is 0 Å². The number of halogens is 2. The van der Waals surface area contributed by atoms with Crippen molar-refractivity contribution in [3.05, 3.63) is 65.7 Å². The minimum atomic E-state index is -0.982. The lowest BCUT2D eigenvalue weighted by molar-refractivity contribution is -0.142. The van der Waals surface area contributed by atoms with E-state index in [1.807, 2.05) is 30.3 Å². The highest BCUT2D eigenvalue weighted by Gasteiger charge is 2.20. The Morgan fingerprint density at radius 3 is 2.41 bits per heavy atom. The van der Waals surface area contributed by atoms with Gasteiger partial charge in [0.05, 0.1) is 5.69 Å². The van der Waals surface area contributed by atoms with Crippen molar-refractivity contribution in [2.24, 2.45) is 0 Å². The van der Waals surface area contributed by atoms with Crippen LogP contribution in [0.25, 0.3) is 0 Å². The van der Waals surface area contributed by atoms with Gasteiger partial charge in [0, 0.05) is 19.7 Å². The van der Waals surface area contributed by atoms with Crippen LogP contribution in [-0.4, -0.2) is 23.8 Å². The lowest BCUT2D eigenvalue weighted by Crippen LogP contribution is -2.36. The summed E-state index contributed by atoms with van der Waals surface area (Å²) in [4.78, 5) is 25.0. The van der Waals surface area contributed by atoms with E-state index in [4.69, 9.17) is 0 Å². The fourth-order valence-electron chi connectivity index (χ4n) is 1.87. The standard InChI is InChI=1S/C16H14F2N2O2/c1-20(10-11-5-3-2-4-6-11)16(22)15(21)19-14-8-7-12(17)9-13(14)18/h2-9H,10H2,1H3,(H,19,21). The van der Waals surface area contributed by atoms with Crippen molar-refractivity contribution in [2.45, 2.75) is 6.54 Å². The number of benzene rings is 2. The van der Waals surface area contributed by atoms with Crippen molar-refractivity contribution in [1.82, 2.24) is 4.90 Å². The Morgan fingerprint density at radius 2 is 1.77 bits per heavy atom. The second-order valence-corrected chi connectivity index (χ2v) is 4.73. The Balaban J connectivity index is 2.01. The molecule has 0 unspecified atom stereocenters. The molecule has 0 fully saturated rings. The maximum atomic E-state index is 13.4. The third kappa shape index (κ3) is 3.88. The van der Waals surface area contributed by atoms with Gasteiger partial charge in [-0.3, -0.25) is 9.59 Å². The van der Waals surface area contributed by atoms with E-state index in [2.05, 4.69) is 5.32 Å². The van der Waals surface area contributed by atoms with E-state index in [0.717, 1.165) is 17.7 Å². The smallest absolute Gasteiger partial charge is 0.313 e. The Kier molecular flexibility index (Phi) is 4.83. The molecule has 0 spiro atoms.